The molecule has 2 nitrogen and oxygen atoms in total. The van der Waals surface area contributed by atoms with Crippen molar-refractivity contribution in [2.75, 3.05) is 0 Å². The Morgan fingerprint density at radius 2 is 2.11 bits per heavy atom. The number of hydrogen-bond donors (Lipinski definition) is 2. The Morgan fingerprint density at radius 3 is 2.83 bits per heavy atom. The van der Waals surface area contributed by atoms with Gasteiger partial charge in [0.1, 0.15) is 0 Å². The molecule has 2 N–H and O–H groups in total. The Kier molecular flexibility index (Phi) is 2.13. The Bertz CT molecular complexity index is 567. The molecular weight excluding hydrogens is 220 g/mol. The maximum absolute atomic E-state index is 3.85. The second kappa shape index (κ2) is 3.61. The lowest BCUT2D eigenvalue weighted by atomic mass is 9.49. The fourth-order valence-corrected chi connectivity index (χ4v) is 3.86. The van der Waals surface area contributed by atoms with Gasteiger partial charge >= 0.3 is 0 Å². The number of aromatic amines is 1. The fourth-order valence-electron chi connectivity index (χ4n) is 3.86. The van der Waals surface area contributed by atoms with E-state index in [-0.39, 0.29) is 0 Å². The Hall–Kier alpha value is -1.28. The van der Waals surface area contributed by atoms with Crippen LogP contribution in [0.25, 0.3) is 10.9 Å². The monoisotopic (exact) mass is 240 g/mol. The summed E-state index contributed by atoms with van der Waals surface area (Å²) in [5, 5.41) is 5.23. The molecule has 0 unspecified atom stereocenters. The maximum Gasteiger partial charge on any atom is 0.0456 e. The number of fused-ring (bicyclic) bond motifs is 1. The molecule has 0 saturated heterocycles. The average Bonchev–Trinajstić information content (AvgIpc) is 2.66. The Morgan fingerprint density at radius 1 is 1.33 bits per heavy atom. The summed E-state index contributed by atoms with van der Waals surface area (Å²) in [6.45, 7) is 2.32. The number of aromatic nitrogens is 1. The highest BCUT2D eigenvalue weighted by Crippen LogP contribution is 2.57. The van der Waals surface area contributed by atoms with Crippen LogP contribution in [-0.2, 0) is 6.42 Å². The van der Waals surface area contributed by atoms with Crippen molar-refractivity contribution >= 4 is 10.9 Å². The largest absolute Gasteiger partial charge is 0.361 e. The number of benzene rings is 1. The van der Waals surface area contributed by atoms with E-state index in [2.05, 4.69) is 47.7 Å². The summed E-state index contributed by atoms with van der Waals surface area (Å²) < 4.78 is 0. The summed E-state index contributed by atoms with van der Waals surface area (Å²) in [5.41, 5.74) is 3.23. The standard InChI is InChI=1S/C16H20N2/c1-11(18-16-7-12(8-16)9-16)6-13-10-17-15-5-3-2-4-14(13)15/h2-5,10-12,17-18H,6-9H2,1H3/t11-,12?,16?/m1/s1. The number of hydrogen-bond acceptors (Lipinski definition) is 1. The van der Waals surface area contributed by atoms with Crippen molar-refractivity contribution in [3.8, 4) is 0 Å². The zero-order valence-electron chi connectivity index (χ0n) is 10.9. The van der Waals surface area contributed by atoms with Gasteiger partial charge in [0.25, 0.3) is 0 Å². The topological polar surface area (TPSA) is 27.8 Å². The minimum Gasteiger partial charge on any atom is -0.361 e. The molecule has 1 aromatic carbocycles. The quantitative estimate of drug-likeness (QED) is 0.843. The van der Waals surface area contributed by atoms with Gasteiger partial charge in [-0.3, -0.25) is 0 Å². The number of para-hydroxylation sites is 1. The molecule has 0 spiro atoms. The van der Waals surface area contributed by atoms with Crippen LogP contribution in [0.4, 0.5) is 0 Å². The van der Waals surface area contributed by atoms with Gasteiger partial charge in [-0.25, -0.2) is 0 Å². The minimum atomic E-state index is 0.538. The molecule has 2 aromatic rings. The zero-order chi connectivity index (χ0) is 12.2. The normalized spacial score (nSPS) is 30.8. The van der Waals surface area contributed by atoms with E-state index in [4.69, 9.17) is 0 Å². The molecule has 1 atom stereocenters. The van der Waals surface area contributed by atoms with Crippen LogP contribution >= 0.6 is 0 Å². The molecule has 1 heterocycles. The highest BCUT2D eigenvalue weighted by molar-refractivity contribution is 5.83. The van der Waals surface area contributed by atoms with Crippen molar-refractivity contribution in [1.29, 1.82) is 0 Å². The van der Waals surface area contributed by atoms with Gasteiger partial charge in [0.15, 0.2) is 0 Å². The summed E-state index contributed by atoms with van der Waals surface area (Å²) in [7, 11) is 0. The van der Waals surface area contributed by atoms with Crippen LogP contribution in [0.15, 0.2) is 30.5 Å². The molecule has 3 fully saturated rings. The van der Waals surface area contributed by atoms with E-state index in [0.717, 1.165) is 12.3 Å². The molecule has 0 aliphatic heterocycles. The summed E-state index contributed by atoms with van der Waals surface area (Å²) in [6.07, 6.45) is 7.56. The van der Waals surface area contributed by atoms with Gasteiger partial charge in [0.05, 0.1) is 0 Å². The number of rotatable bonds is 4. The molecular formula is C16H20N2. The highest BCUT2D eigenvalue weighted by Gasteiger charge is 2.56. The van der Waals surface area contributed by atoms with Crippen molar-refractivity contribution in [2.24, 2.45) is 5.92 Å². The molecule has 0 amide bonds. The van der Waals surface area contributed by atoms with Crippen LogP contribution in [0.2, 0.25) is 0 Å². The predicted molar refractivity (Wildman–Crippen MR) is 74.7 cm³/mol. The van der Waals surface area contributed by atoms with Crippen molar-refractivity contribution in [3.05, 3.63) is 36.0 Å². The number of H-pyrrole nitrogens is 1. The summed E-state index contributed by atoms with van der Waals surface area (Å²) in [6, 6.07) is 9.16. The average molecular weight is 240 g/mol. The molecule has 5 rings (SSSR count). The molecule has 3 aliphatic carbocycles. The van der Waals surface area contributed by atoms with E-state index in [1.165, 1.54) is 35.7 Å². The third-order valence-electron chi connectivity index (χ3n) is 4.79. The molecule has 18 heavy (non-hydrogen) atoms. The highest BCUT2D eigenvalue weighted by atomic mass is 15.1. The van der Waals surface area contributed by atoms with Gasteiger partial charge in [-0.15, -0.1) is 0 Å². The first-order valence-electron chi connectivity index (χ1n) is 7.07. The third-order valence-corrected chi connectivity index (χ3v) is 4.79. The molecule has 3 saturated carbocycles. The second-order valence-corrected chi connectivity index (χ2v) is 6.37. The Labute approximate surface area is 108 Å². The minimum absolute atomic E-state index is 0.538. The maximum atomic E-state index is 3.85. The Balaban J connectivity index is 1.49. The van der Waals surface area contributed by atoms with E-state index in [9.17, 15) is 0 Å². The summed E-state index contributed by atoms with van der Waals surface area (Å²) in [4.78, 5) is 3.37. The van der Waals surface area contributed by atoms with Gasteiger partial charge in [0, 0.05) is 28.7 Å². The summed E-state index contributed by atoms with van der Waals surface area (Å²) in [5.74, 6) is 1.05. The van der Waals surface area contributed by atoms with Crippen molar-refractivity contribution in [3.63, 3.8) is 0 Å². The second-order valence-electron chi connectivity index (χ2n) is 6.37. The first kappa shape index (κ1) is 10.6. The molecule has 2 heteroatoms. The molecule has 1 aromatic heterocycles. The van der Waals surface area contributed by atoms with Crippen molar-refractivity contribution in [1.82, 2.24) is 10.3 Å². The first-order valence-corrected chi connectivity index (χ1v) is 7.07. The predicted octanol–water partition coefficient (Wildman–Crippen LogP) is 3.24. The molecule has 0 radical (unpaired) electrons. The van der Waals surface area contributed by atoms with Gasteiger partial charge < -0.3 is 10.3 Å². The van der Waals surface area contributed by atoms with Crippen molar-refractivity contribution < 1.29 is 0 Å². The van der Waals surface area contributed by atoms with E-state index >= 15 is 0 Å². The van der Waals surface area contributed by atoms with E-state index < -0.39 is 0 Å². The lowest BCUT2D eigenvalue weighted by Crippen LogP contribution is -2.68. The zero-order valence-corrected chi connectivity index (χ0v) is 10.9. The lowest BCUT2D eigenvalue weighted by Gasteiger charge is -2.63. The van der Waals surface area contributed by atoms with Crippen LogP contribution < -0.4 is 5.32 Å². The molecule has 3 aliphatic rings. The van der Waals surface area contributed by atoms with E-state index in [0.29, 0.717) is 11.6 Å². The number of nitrogens with one attached hydrogen (secondary N) is 2. The van der Waals surface area contributed by atoms with Gasteiger partial charge in [0.2, 0.25) is 0 Å². The van der Waals surface area contributed by atoms with Gasteiger partial charge in [-0.05, 0) is 50.2 Å². The van der Waals surface area contributed by atoms with Crippen molar-refractivity contribution in [2.45, 2.75) is 44.2 Å². The SMILES string of the molecule is C[C@H](Cc1c[nH]c2ccccc12)NC12CC(C1)C2. The van der Waals surface area contributed by atoms with E-state index in [1.54, 1.807) is 0 Å². The lowest BCUT2D eigenvalue weighted by molar-refractivity contribution is -0.0573. The van der Waals surface area contributed by atoms with E-state index in [1.807, 2.05) is 0 Å². The van der Waals surface area contributed by atoms with Crippen LogP contribution in [0, 0.1) is 5.92 Å². The first-order chi connectivity index (χ1) is 8.74. The van der Waals surface area contributed by atoms with Crippen LogP contribution in [0.1, 0.15) is 31.7 Å². The van der Waals surface area contributed by atoms with Crippen LogP contribution in [0.5, 0.6) is 0 Å². The van der Waals surface area contributed by atoms with Crippen LogP contribution in [-0.4, -0.2) is 16.6 Å². The van der Waals surface area contributed by atoms with Crippen LogP contribution in [0.3, 0.4) is 0 Å². The summed E-state index contributed by atoms with van der Waals surface area (Å²) >= 11 is 0. The third kappa shape index (κ3) is 1.52. The molecule has 94 valence electrons. The van der Waals surface area contributed by atoms with Gasteiger partial charge in [-0.2, -0.15) is 0 Å². The molecule has 2 bridgehead atoms. The smallest absolute Gasteiger partial charge is 0.0456 e. The fraction of sp³-hybridized carbons (Fsp3) is 0.500. The van der Waals surface area contributed by atoms with Gasteiger partial charge in [-0.1, -0.05) is 18.2 Å².